The zero-order valence-electron chi connectivity index (χ0n) is 10.7. The van der Waals surface area contributed by atoms with Crippen molar-refractivity contribution in [3.05, 3.63) is 12.2 Å². The summed E-state index contributed by atoms with van der Waals surface area (Å²) in [4.78, 5) is 6.49. The Kier molecular flexibility index (Phi) is 4.50. The number of piperidine rings is 1. The van der Waals surface area contributed by atoms with Crippen LogP contribution in [0.15, 0.2) is 10.9 Å². The van der Waals surface area contributed by atoms with E-state index in [1.54, 1.807) is 0 Å². The lowest BCUT2D eigenvalue weighted by Gasteiger charge is -2.32. The van der Waals surface area contributed by atoms with E-state index >= 15 is 0 Å². The van der Waals surface area contributed by atoms with Gasteiger partial charge in [0.25, 0.3) is 0 Å². The van der Waals surface area contributed by atoms with Crippen LogP contribution in [0.3, 0.4) is 0 Å². The third-order valence-corrected chi connectivity index (χ3v) is 3.35. The van der Waals surface area contributed by atoms with Crippen molar-refractivity contribution in [2.75, 3.05) is 13.1 Å². The summed E-state index contributed by atoms with van der Waals surface area (Å²) in [7, 11) is 0. The van der Waals surface area contributed by atoms with Crippen LogP contribution in [0.4, 0.5) is 0 Å². The molecule has 1 unspecified atom stereocenters. The number of hydrogen-bond donors (Lipinski definition) is 1. The van der Waals surface area contributed by atoms with Gasteiger partial charge in [0, 0.05) is 18.6 Å². The highest BCUT2D eigenvalue weighted by Gasteiger charge is 2.19. The molecule has 5 nitrogen and oxygen atoms in total. The van der Waals surface area contributed by atoms with Crippen LogP contribution in [0.1, 0.15) is 38.9 Å². The number of hydrogen-bond acceptors (Lipinski definition) is 5. The Morgan fingerprint density at radius 1 is 1.53 bits per heavy atom. The second-order valence-corrected chi connectivity index (χ2v) is 5.02. The topological polar surface area (TPSA) is 54.2 Å². The summed E-state index contributed by atoms with van der Waals surface area (Å²) >= 11 is 0. The highest BCUT2D eigenvalue weighted by Crippen LogP contribution is 2.12. The molecular formula is C12H22N4O. The van der Waals surface area contributed by atoms with Crippen molar-refractivity contribution in [3.8, 4) is 0 Å². The monoisotopic (exact) mass is 238 g/mol. The summed E-state index contributed by atoms with van der Waals surface area (Å²) in [5, 5.41) is 7.46. The summed E-state index contributed by atoms with van der Waals surface area (Å²) in [6, 6.07) is 1.11. The lowest BCUT2D eigenvalue weighted by atomic mass is 10.0. The molecule has 0 aromatic carbocycles. The Morgan fingerprint density at radius 3 is 3.00 bits per heavy atom. The fourth-order valence-corrected chi connectivity index (χ4v) is 2.26. The smallest absolute Gasteiger partial charge is 0.213 e. The summed E-state index contributed by atoms with van der Waals surface area (Å²) in [6.45, 7) is 7.41. The van der Waals surface area contributed by atoms with E-state index in [-0.39, 0.29) is 0 Å². The summed E-state index contributed by atoms with van der Waals surface area (Å²) in [6.07, 6.45) is 5.32. The molecule has 0 aliphatic carbocycles. The predicted molar refractivity (Wildman–Crippen MR) is 65.5 cm³/mol. The van der Waals surface area contributed by atoms with Crippen molar-refractivity contribution in [1.82, 2.24) is 20.4 Å². The Hall–Kier alpha value is -0.940. The van der Waals surface area contributed by atoms with Crippen molar-refractivity contribution in [1.29, 1.82) is 0 Å². The Labute approximate surface area is 103 Å². The minimum atomic E-state index is 0.497. The molecule has 1 aromatic heterocycles. The van der Waals surface area contributed by atoms with Crippen molar-refractivity contribution in [3.63, 3.8) is 0 Å². The fourth-order valence-electron chi connectivity index (χ4n) is 2.26. The first-order valence-electron chi connectivity index (χ1n) is 6.48. The van der Waals surface area contributed by atoms with Crippen LogP contribution in [0.2, 0.25) is 0 Å². The molecule has 5 heteroatoms. The van der Waals surface area contributed by atoms with Crippen LogP contribution >= 0.6 is 0 Å². The van der Waals surface area contributed by atoms with Gasteiger partial charge in [-0.05, 0) is 33.2 Å². The van der Waals surface area contributed by atoms with Gasteiger partial charge >= 0.3 is 0 Å². The Balaban J connectivity index is 1.87. The molecule has 0 saturated carbocycles. The maximum absolute atomic E-state index is 4.78. The van der Waals surface area contributed by atoms with Gasteiger partial charge in [-0.1, -0.05) is 11.6 Å². The van der Waals surface area contributed by atoms with E-state index in [0.717, 1.165) is 25.5 Å². The minimum Gasteiger partial charge on any atom is -0.343 e. The van der Waals surface area contributed by atoms with Gasteiger partial charge in [0.2, 0.25) is 6.39 Å². The van der Waals surface area contributed by atoms with E-state index in [1.807, 2.05) is 0 Å². The normalized spacial score (nSPS) is 21.3. The summed E-state index contributed by atoms with van der Waals surface area (Å²) < 4.78 is 4.78. The SMILES string of the molecule is CC(C)N(Cc1ncon1)CC1CCCCN1. The number of nitrogens with one attached hydrogen (secondary N) is 1. The third kappa shape index (κ3) is 3.78. The fraction of sp³-hybridized carbons (Fsp3) is 0.833. The van der Waals surface area contributed by atoms with E-state index in [0.29, 0.717) is 12.1 Å². The highest BCUT2D eigenvalue weighted by atomic mass is 16.5. The van der Waals surface area contributed by atoms with Gasteiger partial charge in [0.1, 0.15) is 0 Å². The van der Waals surface area contributed by atoms with Gasteiger partial charge in [-0.15, -0.1) is 0 Å². The molecule has 2 rings (SSSR count). The molecule has 0 amide bonds. The van der Waals surface area contributed by atoms with Gasteiger partial charge < -0.3 is 9.84 Å². The molecule has 1 atom stereocenters. The molecule has 1 aromatic rings. The zero-order chi connectivity index (χ0) is 12.1. The second-order valence-electron chi connectivity index (χ2n) is 5.02. The molecule has 0 spiro atoms. The molecule has 1 aliphatic rings. The van der Waals surface area contributed by atoms with Crippen molar-refractivity contribution >= 4 is 0 Å². The molecule has 0 radical (unpaired) electrons. The molecule has 1 aliphatic heterocycles. The van der Waals surface area contributed by atoms with Crippen LogP contribution in [0.25, 0.3) is 0 Å². The number of rotatable bonds is 5. The Bertz CT molecular complexity index is 306. The number of aromatic nitrogens is 2. The van der Waals surface area contributed by atoms with Crippen molar-refractivity contribution in [2.45, 2.75) is 51.7 Å². The quantitative estimate of drug-likeness (QED) is 0.841. The van der Waals surface area contributed by atoms with Gasteiger partial charge in [-0.3, -0.25) is 4.90 Å². The molecule has 2 heterocycles. The summed E-state index contributed by atoms with van der Waals surface area (Å²) in [5.41, 5.74) is 0. The molecule has 1 fully saturated rings. The van der Waals surface area contributed by atoms with Gasteiger partial charge in [0.15, 0.2) is 5.82 Å². The lowest BCUT2D eigenvalue weighted by Crippen LogP contribution is -2.45. The van der Waals surface area contributed by atoms with Crippen LogP contribution in [0, 0.1) is 0 Å². The average molecular weight is 238 g/mol. The first-order valence-corrected chi connectivity index (χ1v) is 6.48. The average Bonchev–Trinajstić information content (AvgIpc) is 2.82. The van der Waals surface area contributed by atoms with E-state index in [9.17, 15) is 0 Å². The number of nitrogens with zero attached hydrogens (tertiary/aromatic N) is 3. The molecular weight excluding hydrogens is 216 g/mol. The lowest BCUT2D eigenvalue weighted by molar-refractivity contribution is 0.171. The molecule has 1 saturated heterocycles. The second kappa shape index (κ2) is 6.12. The first kappa shape index (κ1) is 12.5. The van der Waals surface area contributed by atoms with Crippen molar-refractivity contribution < 1.29 is 4.52 Å². The molecule has 1 N–H and O–H groups in total. The zero-order valence-corrected chi connectivity index (χ0v) is 10.7. The van der Waals surface area contributed by atoms with Crippen LogP contribution in [-0.2, 0) is 6.54 Å². The first-order chi connectivity index (χ1) is 8.25. The largest absolute Gasteiger partial charge is 0.343 e. The van der Waals surface area contributed by atoms with Gasteiger partial charge in [-0.25, -0.2) is 0 Å². The van der Waals surface area contributed by atoms with E-state index in [4.69, 9.17) is 4.52 Å². The maximum Gasteiger partial charge on any atom is 0.213 e. The highest BCUT2D eigenvalue weighted by molar-refractivity contribution is 4.83. The van der Waals surface area contributed by atoms with E-state index < -0.39 is 0 Å². The predicted octanol–water partition coefficient (Wildman–Crippen LogP) is 1.42. The maximum atomic E-state index is 4.78. The van der Waals surface area contributed by atoms with Gasteiger partial charge in [-0.2, -0.15) is 4.98 Å². The molecule has 17 heavy (non-hydrogen) atoms. The van der Waals surface area contributed by atoms with E-state index in [1.165, 1.54) is 25.7 Å². The van der Waals surface area contributed by atoms with Crippen molar-refractivity contribution in [2.24, 2.45) is 0 Å². The minimum absolute atomic E-state index is 0.497. The van der Waals surface area contributed by atoms with Crippen LogP contribution in [-0.4, -0.2) is 40.2 Å². The molecule has 0 bridgehead atoms. The van der Waals surface area contributed by atoms with Gasteiger partial charge in [0.05, 0.1) is 6.54 Å². The Morgan fingerprint density at radius 2 is 2.41 bits per heavy atom. The summed E-state index contributed by atoms with van der Waals surface area (Å²) in [5.74, 6) is 0.773. The van der Waals surface area contributed by atoms with Crippen LogP contribution in [0.5, 0.6) is 0 Å². The molecule has 96 valence electrons. The van der Waals surface area contributed by atoms with Crippen LogP contribution < -0.4 is 5.32 Å². The standard InChI is InChI=1S/C12H22N4O/c1-10(2)16(8-12-14-9-17-15-12)7-11-5-3-4-6-13-11/h9-11,13H,3-8H2,1-2H3. The van der Waals surface area contributed by atoms with E-state index in [2.05, 4.69) is 34.2 Å². The third-order valence-electron chi connectivity index (χ3n) is 3.35.